The zero-order valence-corrected chi connectivity index (χ0v) is 19.6. The van der Waals surface area contributed by atoms with E-state index in [-0.39, 0.29) is 12.4 Å². The first kappa shape index (κ1) is 24.2. The van der Waals surface area contributed by atoms with Crippen LogP contribution in [0.25, 0.3) is 5.65 Å². The van der Waals surface area contributed by atoms with Gasteiger partial charge in [0.1, 0.15) is 0 Å². The normalized spacial score (nSPS) is 19.5. The van der Waals surface area contributed by atoms with Gasteiger partial charge in [0.25, 0.3) is 12.4 Å². The molecule has 0 bridgehead atoms. The van der Waals surface area contributed by atoms with E-state index >= 15 is 0 Å². The first-order valence-corrected chi connectivity index (χ1v) is 11.4. The summed E-state index contributed by atoms with van der Waals surface area (Å²) < 4.78 is 1.78. The van der Waals surface area contributed by atoms with E-state index in [1.54, 1.807) is 4.52 Å². The topological polar surface area (TPSA) is 91.0 Å². The molecule has 2 aliphatic rings. The summed E-state index contributed by atoms with van der Waals surface area (Å²) in [5, 5.41) is 11.4. The van der Waals surface area contributed by atoms with Gasteiger partial charge in [0.15, 0.2) is 5.65 Å². The van der Waals surface area contributed by atoms with Crippen molar-refractivity contribution < 1.29 is 14.7 Å². The number of anilines is 1. The van der Waals surface area contributed by atoms with Gasteiger partial charge >= 0.3 is 0 Å². The van der Waals surface area contributed by atoms with Crippen molar-refractivity contribution in [2.75, 3.05) is 31.1 Å². The smallest absolute Gasteiger partial charge is 0.293 e. The molecule has 2 atom stereocenters. The van der Waals surface area contributed by atoms with Crippen LogP contribution in [0.5, 0.6) is 0 Å². The standard InChI is InChI=1S/C18H25N5O.C6H6.CH2O2/c1-12-4-6-21(9-12)15-8-14(3)17-19-16(20-23(17)11-15)18(24)22-7-5-13(2)10-22;1-2-4-6-5-3-1;2-1-3/h8,11-13H,4-7,9-10H2,1-3H3;1-6H;1H,(H,2,3). The lowest BCUT2D eigenvalue weighted by Gasteiger charge is -2.18. The summed E-state index contributed by atoms with van der Waals surface area (Å²) in [5.41, 5.74) is 3.01. The molecule has 1 N–H and O–H groups in total. The van der Waals surface area contributed by atoms with Gasteiger partial charge < -0.3 is 14.9 Å². The fraction of sp³-hybridized carbons (Fsp3) is 0.440. The molecule has 8 heteroatoms. The van der Waals surface area contributed by atoms with E-state index in [1.165, 1.54) is 12.1 Å². The lowest BCUT2D eigenvalue weighted by atomic mass is 10.2. The van der Waals surface area contributed by atoms with Crippen LogP contribution in [0.1, 0.15) is 42.9 Å². The van der Waals surface area contributed by atoms with Crippen molar-refractivity contribution in [3.05, 3.63) is 60.0 Å². The fourth-order valence-corrected chi connectivity index (χ4v) is 4.21. The second-order valence-corrected chi connectivity index (χ2v) is 8.83. The number of carbonyl (C=O) groups excluding carboxylic acids is 1. The van der Waals surface area contributed by atoms with Gasteiger partial charge in [-0.05, 0) is 43.2 Å². The highest BCUT2D eigenvalue weighted by Crippen LogP contribution is 2.25. The number of hydrogen-bond donors (Lipinski definition) is 1. The van der Waals surface area contributed by atoms with E-state index in [1.807, 2.05) is 54.4 Å². The van der Waals surface area contributed by atoms with Crippen LogP contribution in [-0.2, 0) is 4.79 Å². The van der Waals surface area contributed by atoms with Gasteiger partial charge in [-0.15, -0.1) is 5.10 Å². The van der Waals surface area contributed by atoms with E-state index in [4.69, 9.17) is 9.90 Å². The van der Waals surface area contributed by atoms with Crippen LogP contribution in [0, 0.1) is 18.8 Å². The van der Waals surface area contributed by atoms with Gasteiger partial charge in [-0.25, -0.2) is 9.50 Å². The van der Waals surface area contributed by atoms with Crippen LogP contribution < -0.4 is 4.90 Å². The molecule has 1 aromatic carbocycles. The number of pyridine rings is 1. The number of benzene rings is 1. The maximum absolute atomic E-state index is 12.6. The highest BCUT2D eigenvalue weighted by atomic mass is 16.3. The van der Waals surface area contributed by atoms with Gasteiger partial charge in [0.05, 0.1) is 11.9 Å². The van der Waals surface area contributed by atoms with Crippen LogP contribution in [-0.4, -0.2) is 63.2 Å². The summed E-state index contributed by atoms with van der Waals surface area (Å²) in [5.74, 6) is 1.57. The molecule has 8 nitrogen and oxygen atoms in total. The molecular formula is C25H33N5O3. The summed E-state index contributed by atoms with van der Waals surface area (Å²) >= 11 is 0. The summed E-state index contributed by atoms with van der Waals surface area (Å²) in [6.07, 6.45) is 4.30. The molecule has 2 unspecified atom stereocenters. The number of carboxylic acid groups (broad SMARTS) is 1. The van der Waals surface area contributed by atoms with Gasteiger partial charge in [-0.3, -0.25) is 9.59 Å². The van der Waals surface area contributed by atoms with E-state index in [0.29, 0.717) is 11.7 Å². The Hall–Kier alpha value is -3.42. The first-order valence-electron chi connectivity index (χ1n) is 11.4. The number of aryl methyl sites for hydroxylation is 1. The zero-order valence-electron chi connectivity index (χ0n) is 19.6. The van der Waals surface area contributed by atoms with Crippen LogP contribution in [0.15, 0.2) is 48.7 Å². The molecule has 0 aliphatic carbocycles. The van der Waals surface area contributed by atoms with Gasteiger partial charge in [-0.2, -0.15) is 0 Å². The number of rotatable bonds is 2. The highest BCUT2D eigenvalue weighted by Gasteiger charge is 2.27. The summed E-state index contributed by atoms with van der Waals surface area (Å²) in [6, 6.07) is 14.2. The lowest BCUT2D eigenvalue weighted by molar-refractivity contribution is -0.122. The van der Waals surface area contributed by atoms with Crippen molar-refractivity contribution in [2.45, 2.75) is 33.6 Å². The molecule has 4 heterocycles. The molecule has 2 aliphatic heterocycles. The number of hydrogen-bond acceptors (Lipinski definition) is 5. The predicted octanol–water partition coefficient (Wildman–Crippen LogP) is 3.75. The van der Waals surface area contributed by atoms with Crippen LogP contribution in [0.3, 0.4) is 0 Å². The second-order valence-electron chi connectivity index (χ2n) is 8.83. The van der Waals surface area contributed by atoms with Crippen LogP contribution in [0.2, 0.25) is 0 Å². The molecule has 33 heavy (non-hydrogen) atoms. The minimum Gasteiger partial charge on any atom is -0.483 e. The van der Waals surface area contributed by atoms with E-state index in [2.05, 4.69) is 34.9 Å². The number of nitrogens with zero attached hydrogens (tertiary/aromatic N) is 5. The maximum atomic E-state index is 12.6. The lowest BCUT2D eigenvalue weighted by Crippen LogP contribution is -2.29. The maximum Gasteiger partial charge on any atom is 0.293 e. The number of amides is 1. The Morgan fingerprint density at radius 3 is 2.12 bits per heavy atom. The van der Waals surface area contributed by atoms with Gasteiger partial charge in [0.2, 0.25) is 5.82 Å². The quantitative estimate of drug-likeness (QED) is 0.597. The molecule has 176 valence electrons. The van der Waals surface area contributed by atoms with Crippen molar-refractivity contribution in [3.8, 4) is 0 Å². The van der Waals surface area contributed by atoms with Crippen molar-refractivity contribution >= 4 is 23.7 Å². The molecule has 2 fully saturated rings. The third-order valence-corrected chi connectivity index (χ3v) is 5.96. The number of likely N-dealkylation sites (tertiary alicyclic amines) is 1. The molecule has 0 radical (unpaired) electrons. The monoisotopic (exact) mass is 451 g/mol. The van der Waals surface area contributed by atoms with Crippen LogP contribution >= 0.6 is 0 Å². The van der Waals surface area contributed by atoms with Crippen molar-refractivity contribution in [1.29, 1.82) is 0 Å². The molecule has 2 aromatic heterocycles. The fourth-order valence-electron chi connectivity index (χ4n) is 4.21. The average molecular weight is 452 g/mol. The number of fused-ring (bicyclic) bond motifs is 1. The second kappa shape index (κ2) is 11.4. The molecule has 2 saturated heterocycles. The largest absolute Gasteiger partial charge is 0.483 e. The summed E-state index contributed by atoms with van der Waals surface area (Å²) in [4.78, 5) is 29.8. The van der Waals surface area contributed by atoms with Gasteiger partial charge in [-0.1, -0.05) is 50.2 Å². The third kappa shape index (κ3) is 6.31. The molecule has 1 amide bonds. The minimum atomic E-state index is -0.250. The van der Waals surface area contributed by atoms with Crippen molar-refractivity contribution in [3.63, 3.8) is 0 Å². The Morgan fingerprint density at radius 2 is 1.61 bits per heavy atom. The van der Waals surface area contributed by atoms with E-state index in [0.717, 1.165) is 49.7 Å². The Morgan fingerprint density at radius 1 is 1.03 bits per heavy atom. The average Bonchev–Trinajstić information content (AvgIpc) is 3.55. The minimum absolute atomic E-state index is 0.0428. The van der Waals surface area contributed by atoms with E-state index < -0.39 is 0 Å². The number of aromatic nitrogens is 3. The number of carbonyl (C=O) groups is 2. The SMILES string of the molecule is Cc1cc(N2CCC(C)C2)cn2nc(C(=O)N3CCC(C)C3)nc12.O=CO.c1ccccc1. The van der Waals surface area contributed by atoms with Crippen molar-refractivity contribution in [1.82, 2.24) is 19.5 Å². The summed E-state index contributed by atoms with van der Waals surface area (Å²) in [7, 11) is 0. The van der Waals surface area contributed by atoms with Crippen LogP contribution in [0.4, 0.5) is 5.69 Å². The Labute approximate surface area is 194 Å². The summed E-state index contributed by atoms with van der Waals surface area (Å²) in [6.45, 7) is 10.0. The molecular weight excluding hydrogens is 418 g/mol. The highest BCUT2D eigenvalue weighted by molar-refractivity contribution is 5.91. The molecule has 0 saturated carbocycles. The Balaban J connectivity index is 0.000000288. The van der Waals surface area contributed by atoms with Gasteiger partial charge in [0, 0.05) is 26.2 Å². The first-order chi connectivity index (χ1) is 15.9. The molecule has 0 spiro atoms. The Kier molecular flexibility index (Phi) is 8.40. The zero-order chi connectivity index (χ0) is 23.8. The predicted molar refractivity (Wildman–Crippen MR) is 129 cm³/mol. The van der Waals surface area contributed by atoms with E-state index in [9.17, 15) is 4.79 Å². The molecule has 5 rings (SSSR count). The van der Waals surface area contributed by atoms with Crippen molar-refractivity contribution in [2.24, 2.45) is 11.8 Å². The molecule has 3 aromatic rings. The third-order valence-electron chi connectivity index (χ3n) is 5.96. The Bertz CT molecular complexity index is 1030.